The Kier molecular flexibility index (Phi) is 2.91. The van der Waals surface area contributed by atoms with E-state index in [-0.39, 0.29) is 17.1 Å². The topological polar surface area (TPSA) is 37.3 Å². The molecule has 0 amide bonds. The Morgan fingerprint density at radius 3 is 2.41 bits per heavy atom. The first kappa shape index (κ1) is 11.3. The normalized spacial score (nSPS) is 10.2. The highest BCUT2D eigenvalue weighted by Gasteiger charge is 2.08. The Labute approximate surface area is 98.3 Å². The lowest BCUT2D eigenvalue weighted by molar-refractivity contribution is 0.101. The summed E-state index contributed by atoms with van der Waals surface area (Å²) in [5.41, 5.74) is 1.41. The van der Waals surface area contributed by atoms with Crippen molar-refractivity contribution in [1.82, 2.24) is 0 Å². The number of carbonyl (C=O) groups excluding carboxylic acids is 1. The summed E-state index contributed by atoms with van der Waals surface area (Å²) in [5, 5.41) is 9.34. The minimum atomic E-state index is -0.543. The predicted molar refractivity (Wildman–Crippen MR) is 63.5 cm³/mol. The molecule has 0 atom stereocenters. The van der Waals surface area contributed by atoms with Gasteiger partial charge in [0.15, 0.2) is 5.78 Å². The van der Waals surface area contributed by atoms with Crippen LogP contribution in [0.25, 0.3) is 11.1 Å². The van der Waals surface area contributed by atoms with E-state index in [4.69, 9.17) is 0 Å². The number of phenolic OH excluding ortho intramolecular Hbond substituents is 1. The van der Waals surface area contributed by atoms with Crippen molar-refractivity contribution in [3.8, 4) is 16.9 Å². The number of ketones is 1. The van der Waals surface area contributed by atoms with Gasteiger partial charge in [-0.1, -0.05) is 18.2 Å². The van der Waals surface area contributed by atoms with E-state index >= 15 is 0 Å². The third-order valence-electron chi connectivity index (χ3n) is 2.53. The molecule has 1 N–H and O–H groups in total. The van der Waals surface area contributed by atoms with Gasteiger partial charge >= 0.3 is 0 Å². The number of hydrogen-bond acceptors (Lipinski definition) is 2. The summed E-state index contributed by atoms with van der Waals surface area (Å²) in [4.78, 5) is 11.1. The molecule has 0 heterocycles. The van der Waals surface area contributed by atoms with E-state index in [1.807, 2.05) is 0 Å². The second-order valence-electron chi connectivity index (χ2n) is 3.80. The Morgan fingerprint density at radius 2 is 1.82 bits per heavy atom. The van der Waals surface area contributed by atoms with E-state index in [9.17, 15) is 14.3 Å². The Bertz CT molecular complexity index is 576. The third-order valence-corrected chi connectivity index (χ3v) is 2.53. The molecule has 0 aliphatic heterocycles. The number of Topliss-reactive ketones (excluding diaryl/α,β-unsaturated/α-hetero) is 1. The summed E-state index contributed by atoms with van der Waals surface area (Å²) in [6, 6.07) is 11.0. The zero-order valence-corrected chi connectivity index (χ0v) is 9.27. The third kappa shape index (κ3) is 2.33. The SMILES string of the molecule is CC(=O)c1ccc(-c2cccc(O)c2)cc1F. The smallest absolute Gasteiger partial charge is 0.162 e. The molecule has 0 bridgehead atoms. The molecule has 2 rings (SSSR count). The minimum absolute atomic E-state index is 0.0777. The van der Waals surface area contributed by atoms with Crippen LogP contribution in [0.5, 0.6) is 5.75 Å². The molecule has 0 spiro atoms. The van der Waals surface area contributed by atoms with Crippen LogP contribution in [-0.2, 0) is 0 Å². The second kappa shape index (κ2) is 4.37. The second-order valence-corrected chi connectivity index (χ2v) is 3.80. The van der Waals surface area contributed by atoms with Crippen molar-refractivity contribution in [2.45, 2.75) is 6.92 Å². The minimum Gasteiger partial charge on any atom is -0.508 e. The molecule has 2 aromatic rings. The quantitative estimate of drug-likeness (QED) is 0.803. The number of carbonyl (C=O) groups is 1. The molecule has 0 fully saturated rings. The molecule has 0 radical (unpaired) electrons. The van der Waals surface area contributed by atoms with E-state index in [2.05, 4.69) is 0 Å². The summed E-state index contributed by atoms with van der Waals surface area (Å²) in [5.74, 6) is -0.721. The molecular weight excluding hydrogens is 219 g/mol. The maximum absolute atomic E-state index is 13.6. The fourth-order valence-electron chi connectivity index (χ4n) is 1.67. The molecule has 3 heteroatoms. The molecule has 2 nitrogen and oxygen atoms in total. The average Bonchev–Trinajstić information content (AvgIpc) is 2.28. The predicted octanol–water partition coefficient (Wildman–Crippen LogP) is 3.40. The number of phenols is 1. The van der Waals surface area contributed by atoms with E-state index < -0.39 is 5.82 Å². The molecule has 17 heavy (non-hydrogen) atoms. The molecule has 0 unspecified atom stereocenters. The van der Waals surface area contributed by atoms with Crippen molar-refractivity contribution in [1.29, 1.82) is 0 Å². The summed E-state index contributed by atoms with van der Waals surface area (Å²) < 4.78 is 13.6. The Morgan fingerprint density at radius 1 is 1.12 bits per heavy atom. The van der Waals surface area contributed by atoms with Gasteiger partial charge in [0.05, 0.1) is 5.56 Å². The van der Waals surface area contributed by atoms with Crippen molar-refractivity contribution in [2.24, 2.45) is 0 Å². The van der Waals surface area contributed by atoms with Crippen LogP contribution in [0.2, 0.25) is 0 Å². The molecule has 0 aliphatic carbocycles. The van der Waals surface area contributed by atoms with Gasteiger partial charge in [0.25, 0.3) is 0 Å². The van der Waals surface area contributed by atoms with Crippen LogP contribution in [0.1, 0.15) is 17.3 Å². The van der Waals surface area contributed by atoms with Gasteiger partial charge in [-0.25, -0.2) is 4.39 Å². The van der Waals surface area contributed by atoms with Gasteiger partial charge in [-0.2, -0.15) is 0 Å². The summed E-state index contributed by atoms with van der Waals surface area (Å²) in [7, 11) is 0. The average molecular weight is 230 g/mol. The van der Waals surface area contributed by atoms with E-state index in [1.54, 1.807) is 30.3 Å². The number of halogens is 1. The summed E-state index contributed by atoms with van der Waals surface area (Å²) >= 11 is 0. The van der Waals surface area contributed by atoms with E-state index in [0.717, 1.165) is 0 Å². The first-order valence-electron chi connectivity index (χ1n) is 5.18. The fourth-order valence-corrected chi connectivity index (χ4v) is 1.67. The standard InChI is InChI=1S/C14H11FO2/c1-9(16)13-6-5-11(8-14(13)15)10-3-2-4-12(17)7-10/h2-8,17H,1H3. The van der Waals surface area contributed by atoms with Gasteiger partial charge in [0.2, 0.25) is 0 Å². The van der Waals surface area contributed by atoms with Crippen LogP contribution < -0.4 is 0 Å². The lowest BCUT2D eigenvalue weighted by Crippen LogP contribution is -1.96. The fraction of sp³-hybridized carbons (Fsp3) is 0.0714. The monoisotopic (exact) mass is 230 g/mol. The van der Waals surface area contributed by atoms with Crippen LogP contribution in [-0.4, -0.2) is 10.9 Å². The molecule has 2 aromatic carbocycles. The highest BCUT2D eigenvalue weighted by molar-refractivity contribution is 5.94. The molecule has 0 aliphatic rings. The van der Waals surface area contributed by atoms with Crippen LogP contribution in [0.15, 0.2) is 42.5 Å². The van der Waals surface area contributed by atoms with Gasteiger partial charge in [0, 0.05) is 0 Å². The van der Waals surface area contributed by atoms with Gasteiger partial charge in [0.1, 0.15) is 11.6 Å². The number of hydrogen-bond donors (Lipinski definition) is 1. The Hall–Kier alpha value is -2.16. The number of rotatable bonds is 2. The van der Waals surface area contributed by atoms with Gasteiger partial charge < -0.3 is 5.11 Å². The summed E-state index contributed by atoms with van der Waals surface area (Å²) in [6.45, 7) is 1.33. The highest BCUT2D eigenvalue weighted by atomic mass is 19.1. The Balaban J connectivity index is 2.48. The van der Waals surface area contributed by atoms with Gasteiger partial charge in [-0.05, 0) is 42.3 Å². The van der Waals surface area contributed by atoms with Crippen LogP contribution >= 0.6 is 0 Å². The maximum Gasteiger partial charge on any atom is 0.162 e. The van der Waals surface area contributed by atoms with Crippen molar-refractivity contribution < 1.29 is 14.3 Å². The molecule has 0 saturated heterocycles. The highest BCUT2D eigenvalue weighted by Crippen LogP contribution is 2.25. The van der Waals surface area contributed by atoms with Crippen molar-refractivity contribution in [3.63, 3.8) is 0 Å². The first-order chi connectivity index (χ1) is 8.08. The molecule has 0 aromatic heterocycles. The largest absolute Gasteiger partial charge is 0.508 e. The van der Waals surface area contributed by atoms with Crippen LogP contribution in [0, 0.1) is 5.82 Å². The zero-order valence-electron chi connectivity index (χ0n) is 9.27. The lowest BCUT2D eigenvalue weighted by Gasteiger charge is -2.04. The van der Waals surface area contributed by atoms with Crippen molar-refractivity contribution in [3.05, 3.63) is 53.8 Å². The number of aromatic hydroxyl groups is 1. The van der Waals surface area contributed by atoms with Gasteiger partial charge in [-0.3, -0.25) is 4.79 Å². The molecule has 0 saturated carbocycles. The maximum atomic E-state index is 13.6. The van der Waals surface area contributed by atoms with Crippen molar-refractivity contribution in [2.75, 3.05) is 0 Å². The van der Waals surface area contributed by atoms with E-state index in [0.29, 0.717) is 11.1 Å². The lowest BCUT2D eigenvalue weighted by atomic mass is 10.0. The molecule has 86 valence electrons. The first-order valence-corrected chi connectivity index (χ1v) is 5.18. The molecular formula is C14H11FO2. The van der Waals surface area contributed by atoms with Gasteiger partial charge in [-0.15, -0.1) is 0 Å². The van der Waals surface area contributed by atoms with Crippen molar-refractivity contribution >= 4 is 5.78 Å². The number of benzene rings is 2. The summed E-state index contributed by atoms with van der Waals surface area (Å²) in [6.07, 6.45) is 0. The van der Waals surface area contributed by atoms with Crippen LogP contribution in [0.3, 0.4) is 0 Å². The zero-order chi connectivity index (χ0) is 12.4. The van der Waals surface area contributed by atoms with E-state index in [1.165, 1.54) is 19.1 Å². The van der Waals surface area contributed by atoms with Crippen LogP contribution in [0.4, 0.5) is 4.39 Å².